The van der Waals surface area contributed by atoms with Crippen LogP contribution < -0.4 is 4.90 Å². The number of amides is 1. The van der Waals surface area contributed by atoms with Crippen molar-refractivity contribution >= 4 is 17.6 Å². The Bertz CT molecular complexity index is 514. The molecule has 2 aliphatic carbocycles. The van der Waals surface area contributed by atoms with E-state index >= 15 is 0 Å². The Balaban J connectivity index is 1.76. The highest BCUT2D eigenvalue weighted by molar-refractivity contribution is 6.02. The van der Waals surface area contributed by atoms with Crippen molar-refractivity contribution in [3.63, 3.8) is 0 Å². The van der Waals surface area contributed by atoms with Gasteiger partial charge in [-0.2, -0.15) is 0 Å². The van der Waals surface area contributed by atoms with Crippen molar-refractivity contribution in [3.8, 4) is 0 Å². The first-order valence-electron chi connectivity index (χ1n) is 6.05. The molecule has 4 nitrogen and oxygen atoms in total. The fourth-order valence-electron chi connectivity index (χ4n) is 2.44. The third-order valence-electron chi connectivity index (χ3n) is 4.09. The highest BCUT2D eigenvalue weighted by Gasteiger charge is 2.75. The minimum Gasteiger partial charge on any atom is -0.465 e. The van der Waals surface area contributed by atoms with Crippen LogP contribution in [-0.2, 0) is 9.53 Å². The van der Waals surface area contributed by atoms with Crippen molar-refractivity contribution in [2.75, 3.05) is 19.1 Å². The average Bonchev–Trinajstić information content (AvgIpc) is 3.25. The molecular formula is C14H15NO3. The Morgan fingerprint density at radius 2 is 1.83 bits per heavy atom. The number of hydrogen-bond acceptors (Lipinski definition) is 3. The summed E-state index contributed by atoms with van der Waals surface area (Å²) in [4.78, 5) is 25.2. The van der Waals surface area contributed by atoms with Gasteiger partial charge in [0, 0.05) is 12.7 Å². The predicted molar refractivity (Wildman–Crippen MR) is 66.3 cm³/mol. The summed E-state index contributed by atoms with van der Waals surface area (Å²) in [6.45, 7) is 0. The third-order valence-corrected chi connectivity index (χ3v) is 4.09. The van der Waals surface area contributed by atoms with Gasteiger partial charge in [0.2, 0.25) is 5.91 Å². The van der Waals surface area contributed by atoms with Crippen LogP contribution in [0.25, 0.3) is 0 Å². The highest BCUT2D eigenvalue weighted by atomic mass is 16.5. The first-order valence-corrected chi connectivity index (χ1v) is 6.05. The van der Waals surface area contributed by atoms with E-state index in [4.69, 9.17) is 0 Å². The molecule has 0 heterocycles. The number of esters is 1. The molecule has 0 saturated heterocycles. The first-order chi connectivity index (χ1) is 8.58. The average molecular weight is 245 g/mol. The molecule has 2 fully saturated rings. The number of anilines is 1. The second-order valence-electron chi connectivity index (χ2n) is 5.16. The molecule has 0 atom stereocenters. The summed E-state index contributed by atoms with van der Waals surface area (Å²) in [5.74, 6) is 0.485. The Morgan fingerprint density at radius 1 is 1.28 bits per heavy atom. The first kappa shape index (κ1) is 11.3. The van der Waals surface area contributed by atoms with Crippen LogP contribution in [0.1, 0.15) is 23.2 Å². The van der Waals surface area contributed by atoms with Crippen molar-refractivity contribution in [2.45, 2.75) is 12.8 Å². The molecule has 2 aliphatic rings. The maximum atomic E-state index is 12.2. The summed E-state index contributed by atoms with van der Waals surface area (Å²) >= 11 is 0. The molecule has 18 heavy (non-hydrogen) atoms. The van der Waals surface area contributed by atoms with Crippen molar-refractivity contribution < 1.29 is 14.3 Å². The van der Waals surface area contributed by atoms with Gasteiger partial charge in [0.1, 0.15) is 0 Å². The van der Waals surface area contributed by atoms with Gasteiger partial charge in [-0.3, -0.25) is 4.79 Å². The molecule has 2 saturated carbocycles. The number of nitrogens with zero attached hydrogens (tertiary/aromatic N) is 1. The van der Waals surface area contributed by atoms with Crippen LogP contribution in [0.5, 0.6) is 0 Å². The minimum atomic E-state index is -0.362. The molecule has 4 heteroatoms. The molecule has 0 spiro atoms. The topological polar surface area (TPSA) is 46.6 Å². The molecule has 3 rings (SSSR count). The van der Waals surface area contributed by atoms with Crippen molar-refractivity contribution in [1.82, 2.24) is 0 Å². The Hall–Kier alpha value is -1.84. The monoisotopic (exact) mass is 245 g/mol. The van der Waals surface area contributed by atoms with Crippen molar-refractivity contribution in [3.05, 3.63) is 29.8 Å². The van der Waals surface area contributed by atoms with Gasteiger partial charge >= 0.3 is 5.97 Å². The fraction of sp³-hybridized carbons (Fsp3) is 0.429. The zero-order chi connectivity index (χ0) is 12.9. The minimum absolute atomic E-state index is 0.0181. The zero-order valence-electron chi connectivity index (χ0n) is 10.5. The molecule has 0 aromatic heterocycles. The smallest absolute Gasteiger partial charge is 0.337 e. The van der Waals surface area contributed by atoms with Crippen LogP contribution in [-0.4, -0.2) is 26.0 Å². The lowest BCUT2D eigenvalue weighted by atomic mass is 10.1. The van der Waals surface area contributed by atoms with Crippen LogP contribution in [0, 0.1) is 11.3 Å². The standard InChI is InChI=1S/C14H15NO3/c1-15(13(17)14-7-10(14)8-14)11-5-3-9(4-6-11)12(16)18-2/h3-6,10H,7-8H2,1-2H3. The Labute approximate surface area is 106 Å². The summed E-state index contributed by atoms with van der Waals surface area (Å²) in [6, 6.07) is 6.92. The van der Waals surface area contributed by atoms with Crippen molar-refractivity contribution in [2.24, 2.45) is 11.3 Å². The number of ether oxygens (including phenoxy) is 1. The molecule has 0 N–H and O–H groups in total. The molecule has 1 aromatic rings. The van der Waals surface area contributed by atoms with E-state index in [1.807, 2.05) is 0 Å². The van der Waals surface area contributed by atoms with Crippen LogP contribution in [0.2, 0.25) is 0 Å². The lowest BCUT2D eigenvalue weighted by Crippen LogP contribution is -2.30. The number of hydrogen-bond donors (Lipinski definition) is 0. The van der Waals surface area contributed by atoms with Crippen LogP contribution in [0.15, 0.2) is 24.3 Å². The third kappa shape index (κ3) is 1.52. The van der Waals surface area contributed by atoms with Crippen molar-refractivity contribution in [1.29, 1.82) is 0 Å². The lowest BCUT2D eigenvalue weighted by Gasteiger charge is -2.19. The van der Waals surface area contributed by atoms with Gasteiger partial charge in [0.25, 0.3) is 0 Å². The van der Waals surface area contributed by atoms with E-state index in [2.05, 4.69) is 4.74 Å². The number of fused-ring (bicyclic) bond motifs is 1. The molecule has 1 aromatic carbocycles. The van der Waals surface area contributed by atoms with Gasteiger partial charge in [-0.15, -0.1) is 0 Å². The zero-order valence-corrected chi connectivity index (χ0v) is 10.5. The summed E-state index contributed by atoms with van der Waals surface area (Å²) in [7, 11) is 3.14. The van der Waals surface area contributed by atoms with Gasteiger partial charge in [-0.1, -0.05) is 0 Å². The molecule has 0 unspecified atom stereocenters. The van der Waals surface area contributed by atoms with E-state index in [1.54, 1.807) is 36.2 Å². The van der Waals surface area contributed by atoms with E-state index < -0.39 is 0 Å². The van der Waals surface area contributed by atoms with Gasteiger partial charge < -0.3 is 9.64 Å². The van der Waals surface area contributed by atoms with Crippen LogP contribution >= 0.6 is 0 Å². The fourth-order valence-corrected chi connectivity index (χ4v) is 2.44. The second-order valence-corrected chi connectivity index (χ2v) is 5.16. The molecule has 94 valence electrons. The predicted octanol–water partition coefficient (Wildman–Crippen LogP) is 1.85. The normalized spacial score (nSPS) is 27.1. The quantitative estimate of drug-likeness (QED) is 0.763. The Morgan fingerprint density at radius 3 is 2.28 bits per heavy atom. The van der Waals surface area contributed by atoms with Gasteiger partial charge in [0.05, 0.1) is 18.1 Å². The van der Waals surface area contributed by atoms with Gasteiger partial charge in [0.15, 0.2) is 0 Å². The van der Waals surface area contributed by atoms with E-state index in [-0.39, 0.29) is 17.3 Å². The molecule has 1 amide bonds. The second kappa shape index (κ2) is 3.57. The van der Waals surface area contributed by atoms with E-state index in [1.165, 1.54) is 7.11 Å². The molecule has 0 aliphatic heterocycles. The summed E-state index contributed by atoms with van der Waals surface area (Å²) in [5.41, 5.74) is 1.30. The number of rotatable bonds is 3. The Kier molecular flexibility index (Phi) is 2.24. The number of carbonyl (C=O) groups excluding carboxylic acids is 2. The molecule has 0 radical (unpaired) electrons. The van der Waals surface area contributed by atoms with Gasteiger partial charge in [-0.05, 0) is 43.0 Å². The number of methoxy groups -OCH3 is 1. The largest absolute Gasteiger partial charge is 0.465 e. The number of carbonyl (C=O) groups is 2. The maximum Gasteiger partial charge on any atom is 0.337 e. The lowest BCUT2D eigenvalue weighted by molar-refractivity contribution is -0.121. The van der Waals surface area contributed by atoms with Gasteiger partial charge in [-0.25, -0.2) is 4.79 Å². The highest BCUT2D eigenvalue weighted by Crippen LogP contribution is 2.75. The maximum absolute atomic E-state index is 12.2. The molecule has 0 bridgehead atoms. The van der Waals surface area contributed by atoms with E-state index in [0.717, 1.165) is 18.5 Å². The summed E-state index contributed by atoms with van der Waals surface area (Å²) in [6.07, 6.45) is 2.10. The van der Waals surface area contributed by atoms with Crippen LogP contribution in [0.4, 0.5) is 5.69 Å². The van der Waals surface area contributed by atoms with Crippen LogP contribution in [0.3, 0.4) is 0 Å². The number of benzene rings is 1. The molecular weight excluding hydrogens is 230 g/mol. The van der Waals surface area contributed by atoms with E-state index in [9.17, 15) is 9.59 Å². The van der Waals surface area contributed by atoms with E-state index in [0.29, 0.717) is 11.5 Å². The summed E-state index contributed by atoms with van der Waals surface area (Å²) < 4.78 is 4.64. The SMILES string of the molecule is COC(=O)c1ccc(N(C)C(=O)C23CC2C3)cc1. The summed E-state index contributed by atoms with van der Waals surface area (Å²) in [5, 5.41) is 0.